The molecule has 5 nitrogen and oxygen atoms in total. The molecular weight excluding hydrogens is 467 g/mol. The Morgan fingerprint density at radius 3 is 2.43 bits per heavy atom. The van der Waals surface area contributed by atoms with Crippen LogP contribution in [0.25, 0.3) is 0 Å². The lowest BCUT2D eigenvalue weighted by atomic mass is 9.94. The van der Waals surface area contributed by atoms with Crippen molar-refractivity contribution in [2.24, 2.45) is 0 Å². The summed E-state index contributed by atoms with van der Waals surface area (Å²) in [6, 6.07) is 22.7. The molecule has 1 atom stereocenters. The highest BCUT2D eigenvalue weighted by molar-refractivity contribution is 5.88. The number of nitrogens with one attached hydrogen (secondary N) is 1. The molecule has 0 saturated heterocycles. The van der Waals surface area contributed by atoms with Crippen LogP contribution in [-0.2, 0) is 22.6 Å². The summed E-state index contributed by atoms with van der Waals surface area (Å²) in [5.41, 5.74) is 2.30. The Balaban J connectivity index is 1.62. The van der Waals surface area contributed by atoms with Crippen LogP contribution in [0.2, 0.25) is 0 Å². The van der Waals surface area contributed by atoms with Gasteiger partial charge in [-0.05, 0) is 49.1 Å². The lowest BCUT2D eigenvalue weighted by molar-refractivity contribution is -0.143. The molecule has 0 unspecified atom stereocenters. The molecule has 6 heteroatoms. The van der Waals surface area contributed by atoms with Crippen molar-refractivity contribution in [2.45, 2.75) is 64.1 Å². The van der Waals surface area contributed by atoms with E-state index in [1.165, 1.54) is 17.4 Å². The normalized spacial score (nSPS) is 14.5. The molecule has 0 heterocycles. The van der Waals surface area contributed by atoms with E-state index >= 15 is 0 Å². The number of hydrogen-bond acceptors (Lipinski definition) is 3. The van der Waals surface area contributed by atoms with Crippen molar-refractivity contribution in [1.82, 2.24) is 10.2 Å². The van der Waals surface area contributed by atoms with Gasteiger partial charge in [-0.15, -0.1) is 0 Å². The predicted octanol–water partition coefficient (Wildman–Crippen LogP) is 5.60. The molecule has 0 radical (unpaired) electrons. The molecule has 3 aromatic carbocycles. The zero-order valence-corrected chi connectivity index (χ0v) is 21.4. The van der Waals surface area contributed by atoms with Crippen molar-refractivity contribution >= 4 is 11.8 Å². The van der Waals surface area contributed by atoms with Gasteiger partial charge in [-0.2, -0.15) is 0 Å². The Hall–Kier alpha value is -3.67. The maximum atomic E-state index is 14.7. The quantitative estimate of drug-likeness (QED) is 0.393. The van der Waals surface area contributed by atoms with Crippen molar-refractivity contribution < 1.29 is 18.7 Å². The summed E-state index contributed by atoms with van der Waals surface area (Å²) in [5.74, 6) is -0.419. The van der Waals surface area contributed by atoms with Gasteiger partial charge in [-0.25, -0.2) is 4.39 Å². The van der Waals surface area contributed by atoms with Gasteiger partial charge in [-0.1, -0.05) is 79.9 Å². The zero-order valence-electron chi connectivity index (χ0n) is 21.4. The van der Waals surface area contributed by atoms with E-state index in [1.807, 2.05) is 55.5 Å². The smallest absolute Gasteiger partial charge is 0.261 e. The van der Waals surface area contributed by atoms with Gasteiger partial charge in [-0.3, -0.25) is 9.59 Å². The first-order valence-electron chi connectivity index (χ1n) is 13.1. The molecule has 194 valence electrons. The van der Waals surface area contributed by atoms with E-state index in [0.717, 1.165) is 36.8 Å². The molecule has 37 heavy (non-hydrogen) atoms. The van der Waals surface area contributed by atoms with Crippen LogP contribution in [0.5, 0.6) is 5.75 Å². The van der Waals surface area contributed by atoms with Crippen LogP contribution >= 0.6 is 0 Å². The maximum Gasteiger partial charge on any atom is 0.261 e. The van der Waals surface area contributed by atoms with Gasteiger partial charge in [0.15, 0.2) is 6.61 Å². The van der Waals surface area contributed by atoms with E-state index in [9.17, 15) is 14.0 Å². The molecule has 4 rings (SSSR count). The average molecular weight is 503 g/mol. The highest BCUT2D eigenvalue weighted by atomic mass is 19.1. The number of nitrogens with zero attached hydrogens (tertiary/aromatic N) is 1. The Bertz CT molecular complexity index is 1180. The number of halogens is 1. The first-order chi connectivity index (χ1) is 18.0. The average Bonchev–Trinajstić information content (AvgIpc) is 2.91. The highest BCUT2D eigenvalue weighted by Crippen LogP contribution is 2.21. The molecule has 0 aromatic heterocycles. The van der Waals surface area contributed by atoms with Gasteiger partial charge >= 0.3 is 0 Å². The third kappa shape index (κ3) is 7.66. The number of carbonyl (C=O) groups is 2. The van der Waals surface area contributed by atoms with Gasteiger partial charge in [0.1, 0.15) is 17.6 Å². The molecule has 1 aliphatic rings. The number of aryl methyl sites for hydroxylation is 1. The van der Waals surface area contributed by atoms with E-state index < -0.39 is 11.9 Å². The SMILES string of the molecule is Cc1cccc(OCC(=O)N(Cc2ccccc2F)[C@H](Cc2ccccc2)C(=O)NC2CCCCC2)c1. The second-order valence-corrected chi connectivity index (χ2v) is 9.77. The molecule has 1 saturated carbocycles. The Morgan fingerprint density at radius 2 is 1.70 bits per heavy atom. The first kappa shape index (κ1) is 26.4. The number of benzene rings is 3. The Kier molecular flexibility index (Phi) is 9.30. The Labute approximate surface area is 218 Å². The van der Waals surface area contributed by atoms with Crippen LogP contribution in [0.4, 0.5) is 4.39 Å². The molecule has 0 spiro atoms. The largest absolute Gasteiger partial charge is 0.484 e. The van der Waals surface area contributed by atoms with E-state index in [4.69, 9.17) is 4.74 Å². The van der Waals surface area contributed by atoms with Gasteiger partial charge in [0, 0.05) is 24.6 Å². The molecular formula is C31H35FN2O3. The van der Waals surface area contributed by atoms with Crippen LogP contribution < -0.4 is 10.1 Å². The fourth-order valence-corrected chi connectivity index (χ4v) is 4.84. The summed E-state index contributed by atoms with van der Waals surface area (Å²) in [6.07, 6.45) is 5.52. The molecule has 0 aliphatic heterocycles. The highest BCUT2D eigenvalue weighted by Gasteiger charge is 2.32. The minimum atomic E-state index is -0.808. The van der Waals surface area contributed by atoms with Gasteiger partial charge in [0.2, 0.25) is 5.91 Å². The Morgan fingerprint density at radius 1 is 0.973 bits per heavy atom. The van der Waals surface area contributed by atoms with Crippen molar-refractivity contribution in [1.29, 1.82) is 0 Å². The number of carbonyl (C=O) groups excluding carboxylic acids is 2. The molecule has 1 fully saturated rings. The molecule has 2 amide bonds. The third-order valence-corrected chi connectivity index (χ3v) is 6.87. The molecule has 1 aliphatic carbocycles. The van der Waals surface area contributed by atoms with Crippen LogP contribution in [0.3, 0.4) is 0 Å². The second-order valence-electron chi connectivity index (χ2n) is 9.77. The van der Waals surface area contributed by atoms with E-state index in [1.54, 1.807) is 24.3 Å². The summed E-state index contributed by atoms with van der Waals surface area (Å²) in [6.45, 7) is 1.67. The van der Waals surface area contributed by atoms with Crippen molar-refractivity contribution in [2.75, 3.05) is 6.61 Å². The molecule has 0 bridgehead atoms. The van der Waals surface area contributed by atoms with E-state index in [2.05, 4.69) is 5.32 Å². The fourth-order valence-electron chi connectivity index (χ4n) is 4.84. The summed E-state index contributed by atoms with van der Waals surface area (Å²) in [4.78, 5) is 28.8. The van der Waals surface area contributed by atoms with Crippen LogP contribution in [0.1, 0.15) is 48.8 Å². The summed E-state index contributed by atoms with van der Waals surface area (Å²) in [5, 5.41) is 3.19. The number of hydrogen-bond donors (Lipinski definition) is 1. The summed E-state index contributed by atoms with van der Waals surface area (Å²) < 4.78 is 20.5. The van der Waals surface area contributed by atoms with Crippen LogP contribution in [0, 0.1) is 12.7 Å². The second kappa shape index (κ2) is 13.0. The van der Waals surface area contributed by atoms with Gasteiger partial charge in [0.05, 0.1) is 0 Å². The van der Waals surface area contributed by atoms with Gasteiger partial charge < -0.3 is 15.0 Å². The topological polar surface area (TPSA) is 58.6 Å². The van der Waals surface area contributed by atoms with Crippen molar-refractivity contribution in [3.05, 3.63) is 101 Å². The number of rotatable bonds is 10. The monoisotopic (exact) mass is 502 g/mol. The standard InChI is InChI=1S/C31H35FN2O3/c1-23-11-10-17-27(19-23)37-22-30(35)34(21-25-14-8-9-18-28(25)32)29(20-24-12-4-2-5-13-24)31(36)33-26-15-6-3-7-16-26/h2,4-5,8-14,17-19,26,29H,3,6-7,15-16,20-22H2,1H3,(H,33,36)/t29-/m1/s1. The zero-order chi connectivity index (χ0) is 26.0. The van der Waals surface area contributed by atoms with Crippen molar-refractivity contribution in [3.8, 4) is 5.75 Å². The van der Waals surface area contributed by atoms with Crippen molar-refractivity contribution in [3.63, 3.8) is 0 Å². The predicted molar refractivity (Wildman–Crippen MR) is 143 cm³/mol. The van der Waals surface area contributed by atoms with Crippen LogP contribution in [-0.4, -0.2) is 35.4 Å². The molecule has 3 aromatic rings. The van der Waals surface area contributed by atoms with Crippen LogP contribution in [0.15, 0.2) is 78.9 Å². The summed E-state index contributed by atoms with van der Waals surface area (Å²) in [7, 11) is 0. The third-order valence-electron chi connectivity index (χ3n) is 6.87. The molecule has 1 N–H and O–H groups in total. The minimum absolute atomic E-state index is 0.0295. The lowest BCUT2D eigenvalue weighted by Gasteiger charge is -2.33. The number of ether oxygens (including phenoxy) is 1. The number of amides is 2. The first-order valence-corrected chi connectivity index (χ1v) is 13.1. The maximum absolute atomic E-state index is 14.7. The van der Waals surface area contributed by atoms with E-state index in [0.29, 0.717) is 17.7 Å². The van der Waals surface area contributed by atoms with E-state index in [-0.39, 0.29) is 31.0 Å². The lowest BCUT2D eigenvalue weighted by Crippen LogP contribution is -2.53. The summed E-state index contributed by atoms with van der Waals surface area (Å²) >= 11 is 0. The van der Waals surface area contributed by atoms with Gasteiger partial charge in [0.25, 0.3) is 5.91 Å². The fraction of sp³-hybridized carbons (Fsp3) is 0.355. The minimum Gasteiger partial charge on any atom is -0.484 e.